The summed E-state index contributed by atoms with van der Waals surface area (Å²) in [5.41, 5.74) is -1.69. The Morgan fingerprint density at radius 1 is 1.33 bits per heavy atom. The van der Waals surface area contributed by atoms with Crippen molar-refractivity contribution in [2.45, 2.75) is 57.8 Å². The Hall–Kier alpha value is -2.45. The van der Waals surface area contributed by atoms with Gasteiger partial charge in [-0.25, -0.2) is 9.59 Å². The zero-order valence-electron chi connectivity index (χ0n) is 15.2. The third-order valence-electron chi connectivity index (χ3n) is 4.73. The zero-order chi connectivity index (χ0) is 20.2. The summed E-state index contributed by atoms with van der Waals surface area (Å²) < 4.78 is 43.9. The summed E-state index contributed by atoms with van der Waals surface area (Å²) >= 11 is 0. The zero-order valence-corrected chi connectivity index (χ0v) is 15.2. The fourth-order valence-electron chi connectivity index (χ4n) is 3.23. The molecule has 0 fully saturated rings. The molecule has 2 N–H and O–H groups in total. The molecule has 0 aliphatic carbocycles. The van der Waals surface area contributed by atoms with E-state index in [9.17, 15) is 27.9 Å². The number of rotatable bonds is 5. The highest BCUT2D eigenvalue weighted by molar-refractivity contribution is 5.90. The minimum Gasteiger partial charge on any atom is -0.465 e. The van der Waals surface area contributed by atoms with Crippen LogP contribution in [-0.4, -0.2) is 29.6 Å². The number of hydrogen-bond donors (Lipinski definition) is 2. The number of amides is 2. The van der Waals surface area contributed by atoms with E-state index in [1.807, 2.05) is 6.92 Å². The largest absolute Gasteiger partial charge is 0.465 e. The normalized spacial score (nSPS) is 19.4. The number of aryl methyl sites for hydroxylation is 1. The van der Waals surface area contributed by atoms with Gasteiger partial charge in [-0.05, 0) is 49.4 Å². The Labute approximate surface area is 155 Å². The number of carboxylic acid groups (broad SMARTS) is 1. The van der Waals surface area contributed by atoms with Crippen LogP contribution in [0.3, 0.4) is 0 Å². The lowest BCUT2D eigenvalue weighted by molar-refractivity contribution is -0.137. The first-order chi connectivity index (χ1) is 12.6. The molecule has 0 aromatic heterocycles. The molecule has 1 heterocycles. The molecule has 1 unspecified atom stereocenters. The van der Waals surface area contributed by atoms with Crippen molar-refractivity contribution in [2.75, 3.05) is 11.5 Å². The summed E-state index contributed by atoms with van der Waals surface area (Å²) in [5, 5.41) is 12.3. The van der Waals surface area contributed by atoms with Gasteiger partial charge in [0.2, 0.25) is 0 Å². The van der Waals surface area contributed by atoms with E-state index in [1.165, 1.54) is 0 Å². The fraction of sp³-hybridized carbons (Fsp3) is 0.556. The van der Waals surface area contributed by atoms with Crippen LogP contribution in [0.2, 0.25) is 0 Å². The average molecular weight is 388 g/mol. The Morgan fingerprint density at radius 2 is 2.04 bits per heavy atom. The number of nitrogens with one attached hydrogen (secondary N) is 1. The SMILES string of the molecule is CCCCOC(=O)NC1(CC)CCc2cc(C(F)(F)F)ccc2N1C(=O)O. The van der Waals surface area contributed by atoms with Crippen LogP contribution in [0.5, 0.6) is 0 Å². The van der Waals surface area contributed by atoms with Crippen LogP contribution < -0.4 is 10.2 Å². The van der Waals surface area contributed by atoms with E-state index in [1.54, 1.807) is 6.92 Å². The highest BCUT2D eigenvalue weighted by Gasteiger charge is 2.45. The van der Waals surface area contributed by atoms with E-state index < -0.39 is 29.6 Å². The van der Waals surface area contributed by atoms with Crippen molar-refractivity contribution in [1.82, 2.24) is 5.32 Å². The van der Waals surface area contributed by atoms with Crippen molar-refractivity contribution in [2.24, 2.45) is 0 Å². The van der Waals surface area contributed by atoms with Gasteiger partial charge < -0.3 is 9.84 Å². The lowest BCUT2D eigenvalue weighted by atomic mass is 9.88. The number of alkyl halides is 3. The van der Waals surface area contributed by atoms with Crippen LogP contribution in [0.1, 0.15) is 50.7 Å². The Morgan fingerprint density at radius 3 is 2.59 bits per heavy atom. The van der Waals surface area contributed by atoms with Gasteiger partial charge in [-0.2, -0.15) is 13.2 Å². The summed E-state index contributed by atoms with van der Waals surface area (Å²) in [6.07, 6.45) is -4.51. The first kappa shape index (κ1) is 20.9. The number of alkyl carbamates (subject to hydrolysis) is 1. The summed E-state index contributed by atoms with van der Waals surface area (Å²) in [6.45, 7) is 3.85. The van der Waals surface area contributed by atoms with Crippen LogP contribution in [-0.2, 0) is 17.3 Å². The van der Waals surface area contributed by atoms with E-state index >= 15 is 0 Å². The Kier molecular flexibility index (Phi) is 6.22. The lowest BCUT2D eigenvalue weighted by Gasteiger charge is -2.46. The molecule has 1 atom stereocenters. The van der Waals surface area contributed by atoms with Gasteiger partial charge in [0.05, 0.1) is 17.9 Å². The second-order valence-electron chi connectivity index (χ2n) is 6.46. The van der Waals surface area contributed by atoms with Crippen molar-refractivity contribution < 1.29 is 32.6 Å². The Balaban J connectivity index is 2.35. The number of anilines is 1. The summed E-state index contributed by atoms with van der Waals surface area (Å²) in [7, 11) is 0. The molecular formula is C18H23F3N2O4. The van der Waals surface area contributed by atoms with Crippen LogP contribution in [0, 0.1) is 0 Å². The number of ether oxygens (including phenoxy) is 1. The standard InChI is InChI=1S/C18H23F3N2O4/c1-3-5-10-27-15(24)22-17(4-2)9-8-12-11-13(18(19,20)21)6-7-14(12)23(17)16(25)26/h6-7,11H,3-5,8-10H2,1-2H3,(H,22,24)(H,25,26). The number of hydrogen-bond acceptors (Lipinski definition) is 3. The molecule has 9 heteroatoms. The minimum atomic E-state index is -4.51. The molecule has 2 rings (SSSR count). The van der Waals surface area contributed by atoms with E-state index in [4.69, 9.17) is 4.74 Å². The maximum atomic E-state index is 12.9. The number of carbonyl (C=O) groups excluding carboxylic acids is 1. The fourth-order valence-corrected chi connectivity index (χ4v) is 3.23. The Bertz CT molecular complexity index is 708. The second kappa shape index (κ2) is 8.06. The monoisotopic (exact) mass is 388 g/mol. The molecule has 0 saturated heterocycles. The van der Waals surface area contributed by atoms with Gasteiger partial charge in [-0.15, -0.1) is 0 Å². The van der Waals surface area contributed by atoms with Crippen molar-refractivity contribution in [3.8, 4) is 0 Å². The molecule has 1 aromatic rings. The highest BCUT2D eigenvalue weighted by Crippen LogP contribution is 2.40. The molecule has 1 aliphatic heterocycles. The first-order valence-electron chi connectivity index (χ1n) is 8.83. The van der Waals surface area contributed by atoms with Crippen LogP contribution >= 0.6 is 0 Å². The average Bonchev–Trinajstić information content (AvgIpc) is 2.60. The number of fused-ring (bicyclic) bond motifs is 1. The van der Waals surface area contributed by atoms with E-state index in [0.29, 0.717) is 6.42 Å². The number of carbonyl (C=O) groups is 2. The van der Waals surface area contributed by atoms with Crippen molar-refractivity contribution in [1.29, 1.82) is 0 Å². The molecule has 0 bridgehead atoms. The van der Waals surface area contributed by atoms with Crippen molar-refractivity contribution >= 4 is 17.9 Å². The molecule has 0 spiro atoms. The lowest BCUT2D eigenvalue weighted by Crippen LogP contribution is -2.64. The predicted molar refractivity (Wildman–Crippen MR) is 92.7 cm³/mol. The van der Waals surface area contributed by atoms with Crippen LogP contribution in [0.25, 0.3) is 0 Å². The number of unbranched alkanes of at least 4 members (excludes halogenated alkanes) is 1. The van der Waals surface area contributed by atoms with Crippen molar-refractivity contribution in [3.63, 3.8) is 0 Å². The number of nitrogens with zero attached hydrogens (tertiary/aromatic N) is 1. The number of benzene rings is 1. The third kappa shape index (κ3) is 4.45. The third-order valence-corrected chi connectivity index (χ3v) is 4.73. The van der Waals surface area contributed by atoms with Gasteiger partial charge in [0.15, 0.2) is 0 Å². The second-order valence-corrected chi connectivity index (χ2v) is 6.46. The van der Waals surface area contributed by atoms with E-state index in [-0.39, 0.29) is 37.1 Å². The molecule has 1 aromatic carbocycles. The molecule has 1 aliphatic rings. The van der Waals surface area contributed by atoms with Gasteiger partial charge in [0.1, 0.15) is 5.66 Å². The molecule has 27 heavy (non-hydrogen) atoms. The van der Waals surface area contributed by atoms with Gasteiger partial charge in [-0.1, -0.05) is 20.3 Å². The van der Waals surface area contributed by atoms with Gasteiger partial charge in [0, 0.05) is 0 Å². The van der Waals surface area contributed by atoms with Crippen LogP contribution in [0.15, 0.2) is 18.2 Å². The first-order valence-corrected chi connectivity index (χ1v) is 8.83. The molecule has 2 amide bonds. The maximum absolute atomic E-state index is 12.9. The van der Waals surface area contributed by atoms with E-state index in [2.05, 4.69) is 5.32 Å². The van der Waals surface area contributed by atoms with Gasteiger partial charge >= 0.3 is 18.4 Å². The topological polar surface area (TPSA) is 78.9 Å². The molecule has 6 nitrogen and oxygen atoms in total. The quantitative estimate of drug-likeness (QED) is 0.713. The smallest absolute Gasteiger partial charge is 0.416 e. The molecular weight excluding hydrogens is 365 g/mol. The summed E-state index contributed by atoms with van der Waals surface area (Å²) in [4.78, 5) is 25.0. The van der Waals surface area contributed by atoms with Crippen LogP contribution in [0.4, 0.5) is 28.4 Å². The maximum Gasteiger partial charge on any atom is 0.416 e. The van der Waals surface area contributed by atoms with E-state index in [0.717, 1.165) is 29.5 Å². The summed E-state index contributed by atoms with van der Waals surface area (Å²) in [6, 6.07) is 2.95. The highest BCUT2D eigenvalue weighted by atomic mass is 19.4. The number of halogens is 3. The minimum absolute atomic E-state index is 0.137. The predicted octanol–water partition coefficient (Wildman–Crippen LogP) is 4.77. The molecule has 0 radical (unpaired) electrons. The molecule has 150 valence electrons. The van der Waals surface area contributed by atoms with Gasteiger partial charge in [-0.3, -0.25) is 10.2 Å². The summed E-state index contributed by atoms with van der Waals surface area (Å²) in [5.74, 6) is 0. The van der Waals surface area contributed by atoms with Gasteiger partial charge in [0.25, 0.3) is 0 Å². The van der Waals surface area contributed by atoms with Crippen molar-refractivity contribution in [3.05, 3.63) is 29.3 Å². The molecule has 0 saturated carbocycles.